The number of hydrogen-bond donors (Lipinski definition) is 0. The maximum absolute atomic E-state index is 12.3. The van der Waals surface area contributed by atoms with Gasteiger partial charge in [0.05, 0.1) is 15.6 Å². The summed E-state index contributed by atoms with van der Waals surface area (Å²) in [7, 11) is -4.19. The molecule has 1 aromatic rings. The van der Waals surface area contributed by atoms with Crippen LogP contribution < -0.4 is 0 Å². The molecule has 0 unspecified atom stereocenters. The van der Waals surface area contributed by atoms with Crippen LogP contribution in [0, 0.1) is 0 Å². The number of halogens is 6. The van der Waals surface area contributed by atoms with Gasteiger partial charge in [0.25, 0.3) is 10.0 Å². The predicted molar refractivity (Wildman–Crippen MR) is 93.9 cm³/mol. The number of benzene rings is 1. The van der Waals surface area contributed by atoms with E-state index in [0.29, 0.717) is 5.02 Å². The Morgan fingerprint density at radius 1 is 1.00 bits per heavy atom. The number of ketones is 1. The second-order valence-corrected chi connectivity index (χ2v) is 8.97. The normalized spacial score (nSPS) is 23.5. The lowest BCUT2D eigenvalue weighted by Gasteiger charge is -2.29. The molecule has 0 radical (unpaired) electrons. The van der Waals surface area contributed by atoms with E-state index in [1.54, 1.807) is 0 Å². The van der Waals surface area contributed by atoms with Crippen molar-refractivity contribution in [1.82, 2.24) is 0 Å². The van der Waals surface area contributed by atoms with Gasteiger partial charge in [-0.3, -0.25) is 4.79 Å². The van der Waals surface area contributed by atoms with Crippen LogP contribution in [0.5, 0.6) is 0 Å². The van der Waals surface area contributed by atoms with Crippen molar-refractivity contribution in [3.05, 3.63) is 39.4 Å². The van der Waals surface area contributed by atoms with Crippen LogP contribution in [0.15, 0.2) is 43.6 Å². The van der Waals surface area contributed by atoms with Crippen molar-refractivity contribution in [2.45, 2.75) is 14.6 Å². The average molecular weight is 456 g/mol. The molecule has 0 N–H and O–H groups in total. The van der Waals surface area contributed by atoms with Gasteiger partial charge in [-0.25, -0.2) is 0 Å². The van der Waals surface area contributed by atoms with E-state index in [1.807, 2.05) is 0 Å². The highest BCUT2D eigenvalue weighted by Gasteiger charge is 2.51. The number of hydrogen-bond acceptors (Lipinski definition) is 3. The zero-order chi connectivity index (χ0) is 17.6. The Kier molecular flexibility index (Phi) is 5.64. The Bertz CT molecular complexity index is 829. The smallest absolute Gasteiger partial charge is 0.282 e. The average Bonchev–Trinajstić information content (AvgIpc) is 2.49. The largest absolute Gasteiger partial charge is 0.290 e. The first kappa shape index (κ1) is 19.3. The summed E-state index contributed by atoms with van der Waals surface area (Å²) >= 11 is 35.0. The number of carbonyl (C=O) groups is 1. The molecular weight excluding hydrogens is 451 g/mol. The van der Waals surface area contributed by atoms with Gasteiger partial charge in [0.15, 0.2) is 0 Å². The van der Waals surface area contributed by atoms with Gasteiger partial charge in [-0.05, 0) is 24.3 Å². The van der Waals surface area contributed by atoms with Crippen molar-refractivity contribution < 1.29 is 13.2 Å². The van der Waals surface area contributed by atoms with Crippen LogP contribution in [0.3, 0.4) is 0 Å². The number of Topliss-reactive ketones (excluding diaryl/α,β-unsaturated/α-hetero) is 1. The van der Waals surface area contributed by atoms with Crippen molar-refractivity contribution in [3.63, 3.8) is 0 Å². The predicted octanol–water partition coefficient (Wildman–Crippen LogP) is 4.52. The minimum Gasteiger partial charge on any atom is -0.290 e. The molecule has 23 heavy (non-hydrogen) atoms. The lowest BCUT2D eigenvalue weighted by atomic mass is 10.0. The molecule has 1 atom stereocenters. The fraction of sp³-hybridized carbons (Fsp3) is 0.167. The summed E-state index contributed by atoms with van der Waals surface area (Å²) in [6.45, 7) is 0. The third-order valence-corrected chi connectivity index (χ3v) is 6.74. The molecule has 0 fully saturated rings. The van der Waals surface area contributed by atoms with Crippen molar-refractivity contribution in [2.75, 3.05) is 0 Å². The summed E-state index contributed by atoms with van der Waals surface area (Å²) in [5.41, 5.74) is -0.419. The SMILES string of the molecule is O=C1C(Cl)=C(Cl)C(=NS(=O)(=O)c2ccc(Cl)cc2)[C@H](Cl)C1(Cl)Cl. The quantitative estimate of drug-likeness (QED) is 0.616. The number of sulfonamides is 1. The molecule has 124 valence electrons. The summed E-state index contributed by atoms with van der Waals surface area (Å²) < 4.78 is 26.0. The molecule has 0 saturated heterocycles. The molecule has 11 heteroatoms. The van der Waals surface area contributed by atoms with E-state index in [-0.39, 0.29) is 4.90 Å². The standard InChI is InChI=1S/C12H5Cl6NO3S/c13-5-1-3-6(4-2-5)23(21,22)19-9-7(14)8(15)11(20)12(17,18)10(9)16/h1-4,10H/t10-/m0/s1. The van der Waals surface area contributed by atoms with Crippen LogP contribution in [0.4, 0.5) is 0 Å². The highest BCUT2D eigenvalue weighted by molar-refractivity contribution is 7.90. The second-order valence-electron chi connectivity index (χ2n) is 4.35. The van der Waals surface area contributed by atoms with Crippen LogP contribution in [0.2, 0.25) is 5.02 Å². The Labute approximate surface area is 162 Å². The lowest BCUT2D eigenvalue weighted by molar-refractivity contribution is -0.115. The minimum absolute atomic E-state index is 0.162. The molecule has 1 aromatic carbocycles. The molecule has 1 aliphatic rings. The van der Waals surface area contributed by atoms with Crippen LogP contribution in [-0.4, -0.2) is 29.6 Å². The molecule has 2 rings (SSSR count). The van der Waals surface area contributed by atoms with E-state index >= 15 is 0 Å². The number of allylic oxidation sites excluding steroid dienone is 2. The first-order chi connectivity index (χ1) is 10.5. The molecule has 1 aliphatic carbocycles. The fourth-order valence-corrected chi connectivity index (χ4v) is 4.19. The van der Waals surface area contributed by atoms with Gasteiger partial charge < -0.3 is 0 Å². The molecule has 0 saturated carbocycles. The number of carbonyl (C=O) groups excluding carboxylic acids is 1. The Morgan fingerprint density at radius 2 is 1.52 bits per heavy atom. The van der Waals surface area contributed by atoms with Crippen LogP contribution >= 0.6 is 69.6 Å². The van der Waals surface area contributed by atoms with Crippen molar-refractivity contribution in [3.8, 4) is 0 Å². The second kappa shape index (κ2) is 6.71. The van der Waals surface area contributed by atoms with Crippen molar-refractivity contribution >= 4 is 91.1 Å². The van der Waals surface area contributed by atoms with Gasteiger partial charge >= 0.3 is 0 Å². The molecule has 0 aromatic heterocycles. The topological polar surface area (TPSA) is 63.6 Å². The van der Waals surface area contributed by atoms with Crippen LogP contribution in [-0.2, 0) is 14.8 Å². The highest BCUT2D eigenvalue weighted by Crippen LogP contribution is 2.42. The maximum atomic E-state index is 12.3. The molecular formula is C12H5Cl6NO3S. The number of nitrogens with zero attached hydrogens (tertiary/aromatic N) is 1. The Morgan fingerprint density at radius 3 is 2.04 bits per heavy atom. The first-order valence-electron chi connectivity index (χ1n) is 5.71. The van der Waals surface area contributed by atoms with Gasteiger partial charge in [0, 0.05) is 5.02 Å². The van der Waals surface area contributed by atoms with Crippen molar-refractivity contribution in [2.24, 2.45) is 4.40 Å². The zero-order valence-corrected chi connectivity index (χ0v) is 16.1. The summed E-state index contributed by atoms with van der Waals surface area (Å²) in [5.74, 6) is -0.935. The molecule has 0 spiro atoms. The van der Waals surface area contributed by atoms with Gasteiger partial charge in [-0.2, -0.15) is 12.8 Å². The Hall–Kier alpha value is -0.0100. The molecule has 0 bridgehead atoms. The van der Waals surface area contributed by atoms with E-state index in [2.05, 4.69) is 4.40 Å². The molecule has 0 heterocycles. The van der Waals surface area contributed by atoms with Gasteiger partial charge in [0.1, 0.15) is 10.4 Å². The highest BCUT2D eigenvalue weighted by atomic mass is 35.5. The van der Waals surface area contributed by atoms with E-state index < -0.39 is 41.3 Å². The Balaban J connectivity index is 2.61. The molecule has 0 amide bonds. The first-order valence-corrected chi connectivity index (χ1v) is 9.48. The molecule has 0 aliphatic heterocycles. The maximum Gasteiger partial charge on any atom is 0.282 e. The van der Waals surface area contributed by atoms with E-state index in [0.717, 1.165) is 0 Å². The van der Waals surface area contributed by atoms with Gasteiger partial charge in [0.2, 0.25) is 10.1 Å². The van der Waals surface area contributed by atoms with E-state index in [1.165, 1.54) is 24.3 Å². The van der Waals surface area contributed by atoms with Gasteiger partial charge in [-0.1, -0.05) is 58.0 Å². The minimum atomic E-state index is -4.19. The van der Waals surface area contributed by atoms with Crippen LogP contribution in [0.25, 0.3) is 0 Å². The summed E-state index contributed by atoms with van der Waals surface area (Å²) in [5, 5.41) is -2.13. The number of alkyl halides is 3. The zero-order valence-electron chi connectivity index (χ0n) is 10.7. The monoisotopic (exact) mass is 453 g/mol. The third kappa shape index (κ3) is 3.66. The van der Waals surface area contributed by atoms with E-state index in [9.17, 15) is 13.2 Å². The molecule has 4 nitrogen and oxygen atoms in total. The summed E-state index contributed by atoms with van der Waals surface area (Å²) in [6, 6.07) is 5.23. The van der Waals surface area contributed by atoms with Crippen molar-refractivity contribution in [1.29, 1.82) is 0 Å². The van der Waals surface area contributed by atoms with Gasteiger partial charge in [-0.15, -0.1) is 11.6 Å². The van der Waals surface area contributed by atoms with E-state index in [4.69, 9.17) is 69.6 Å². The summed E-state index contributed by atoms with van der Waals surface area (Å²) in [6.07, 6.45) is 0. The lowest BCUT2D eigenvalue weighted by Crippen LogP contribution is -2.45. The van der Waals surface area contributed by atoms with Crippen LogP contribution in [0.1, 0.15) is 0 Å². The third-order valence-electron chi connectivity index (χ3n) is 2.81. The summed E-state index contributed by atoms with van der Waals surface area (Å²) in [4.78, 5) is 11.7. The fourth-order valence-electron chi connectivity index (χ4n) is 1.63. The number of rotatable bonds is 2.